The summed E-state index contributed by atoms with van der Waals surface area (Å²) in [7, 11) is 1.94. The third-order valence-electron chi connectivity index (χ3n) is 4.84. The van der Waals surface area contributed by atoms with Crippen molar-refractivity contribution in [1.29, 1.82) is 0 Å². The van der Waals surface area contributed by atoms with Gasteiger partial charge in [-0.2, -0.15) is 0 Å². The number of aryl methyl sites for hydroxylation is 1. The van der Waals surface area contributed by atoms with Crippen molar-refractivity contribution in [3.8, 4) is 11.4 Å². The van der Waals surface area contributed by atoms with Crippen molar-refractivity contribution in [3.05, 3.63) is 60.7 Å². The maximum Gasteiger partial charge on any atom is 0.255 e. The Balaban J connectivity index is 1.45. The van der Waals surface area contributed by atoms with Gasteiger partial charge in [0.1, 0.15) is 5.69 Å². The van der Waals surface area contributed by atoms with Crippen LogP contribution in [-0.2, 0) is 7.05 Å². The molecule has 0 aromatic carbocycles. The molecule has 1 aliphatic heterocycles. The summed E-state index contributed by atoms with van der Waals surface area (Å²) < 4.78 is 1.93. The molecule has 0 saturated carbocycles. The van der Waals surface area contributed by atoms with Crippen LogP contribution in [0.1, 0.15) is 34.8 Å². The number of hydrogen-bond acceptors (Lipinski definition) is 5. The first kappa shape index (κ1) is 16.4. The summed E-state index contributed by atoms with van der Waals surface area (Å²) in [5, 5.41) is 0. The molecule has 0 atom stereocenters. The molecule has 4 heterocycles. The maximum absolute atomic E-state index is 12.5. The number of hydrogen-bond donors (Lipinski definition) is 0. The van der Waals surface area contributed by atoms with Crippen molar-refractivity contribution in [2.75, 3.05) is 13.1 Å². The van der Waals surface area contributed by atoms with Crippen molar-refractivity contribution in [1.82, 2.24) is 29.4 Å². The van der Waals surface area contributed by atoms with Gasteiger partial charge in [0, 0.05) is 44.6 Å². The van der Waals surface area contributed by atoms with E-state index in [-0.39, 0.29) is 5.91 Å². The molecule has 26 heavy (non-hydrogen) atoms. The van der Waals surface area contributed by atoms with E-state index in [1.807, 2.05) is 28.8 Å². The first-order chi connectivity index (χ1) is 12.7. The first-order valence-corrected chi connectivity index (χ1v) is 8.70. The molecule has 7 nitrogen and oxygen atoms in total. The molecule has 3 aromatic heterocycles. The number of pyridine rings is 1. The van der Waals surface area contributed by atoms with Crippen molar-refractivity contribution in [2.45, 2.75) is 18.8 Å². The van der Waals surface area contributed by atoms with E-state index < -0.39 is 0 Å². The molecule has 1 fully saturated rings. The van der Waals surface area contributed by atoms with Gasteiger partial charge >= 0.3 is 0 Å². The Bertz CT molecular complexity index is 899. The topological polar surface area (TPSA) is 76.8 Å². The summed E-state index contributed by atoms with van der Waals surface area (Å²) in [6.07, 6.45) is 12.2. The molecule has 0 unspecified atom stereocenters. The van der Waals surface area contributed by atoms with E-state index in [1.54, 1.807) is 37.2 Å². The summed E-state index contributed by atoms with van der Waals surface area (Å²) in [6, 6.07) is 3.60. The van der Waals surface area contributed by atoms with Crippen molar-refractivity contribution < 1.29 is 4.79 Å². The quantitative estimate of drug-likeness (QED) is 0.726. The fourth-order valence-electron chi connectivity index (χ4n) is 3.36. The number of nitrogens with zero attached hydrogens (tertiary/aromatic N) is 6. The van der Waals surface area contributed by atoms with Gasteiger partial charge in [0.25, 0.3) is 5.91 Å². The molecule has 7 heteroatoms. The van der Waals surface area contributed by atoms with Gasteiger partial charge in [-0.25, -0.2) is 9.97 Å². The maximum atomic E-state index is 12.5. The highest BCUT2D eigenvalue weighted by molar-refractivity contribution is 5.93. The van der Waals surface area contributed by atoms with E-state index in [0.717, 1.165) is 43.0 Å². The Hall–Kier alpha value is -3.09. The Labute approximate surface area is 151 Å². The number of aromatic nitrogens is 5. The summed E-state index contributed by atoms with van der Waals surface area (Å²) >= 11 is 0. The number of amides is 1. The lowest BCUT2D eigenvalue weighted by atomic mass is 9.93. The Kier molecular flexibility index (Phi) is 4.43. The number of piperidine rings is 1. The monoisotopic (exact) mass is 348 g/mol. The minimum Gasteiger partial charge on any atom is -0.339 e. The standard InChI is InChI=1S/C19H20N6O/c1-24-13-22-12-18(24)17-11-21-10-16(23-17)14-4-7-25(8-5-14)19(26)15-3-2-6-20-9-15/h2-3,6,9-14H,4-5,7-8H2,1H3. The second kappa shape index (κ2) is 7.03. The summed E-state index contributed by atoms with van der Waals surface area (Å²) in [5.74, 6) is 0.361. The average Bonchev–Trinajstić information content (AvgIpc) is 3.14. The lowest BCUT2D eigenvalue weighted by Gasteiger charge is -2.31. The molecule has 0 radical (unpaired) electrons. The van der Waals surface area contributed by atoms with Crippen molar-refractivity contribution in [2.24, 2.45) is 7.05 Å². The number of imidazole rings is 1. The molecule has 1 amide bonds. The van der Waals surface area contributed by atoms with Crippen LogP contribution in [0.2, 0.25) is 0 Å². The van der Waals surface area contributed by atoms with Gasteiger partial charge in [-0.15, -0.1) is 0 Å². The van der Waals surface area contributed by atoms with E-state index >= 15 is 0 Å². The predicted molar refractivity (Wildman–Crippen MR) is 96.3 cm³/mol. The van der Waals surface area contributed by atoms with E-state index in [4.69, 9.17) is 4.98 Å². The zero-order valence-corrected chi connectivity index (χ0v) is 14.6. The van der Waals surface area contributed by atoms with Crippen LogP contribution in [0.3, 0.4) is 0 Å². The summed E-state index contributed by atoms with van der Waals surface area (Å²) in [5.41, 5.74) is 3.40. The zero-order chi connectivity index (χ0) is 17.9. The van der Waals surface area contributed by atoms with Crippen LogP contribution in [0.15, 0.2) is 49.4 Å². The second-order valence-electron chi connectivity index (χ2n) is 6.53. The summed E-state index contributed by atoms with van der Waals surface area (Å²) in [6.45, 7) is 1.44. The van der Waals surface area contributed by atoms with Gasteiger partial charge in [-0.1, -0.05) is 0 Å². The fourth-order valence-corrected chi connectivity index (χ4v) is 3.36. The van der Waals surface area contributed by atoms with Crippen LogP contribution >= 0.6 is 0 Å². The minimum atomic E-state index is 0.0475. The van der Waals surface area contributed by atoms with Gasteiger partial charge in [0.05, 0.1) is 35.7 Å². The van der Waals surface area contributed by atoms with Gasteiger partial charge in [-0.3, -0.25) is 14.8 Å². The van der Waals surface area contributed by atoms with Gasteiger partial charge < -0.3 is 9.47 Å². The SMILES string of the molecule is Cn1cncc1-c1cncc(C2CCN(C(=O)c3cccnc3)CC2)n1. The lowest BCUT2D eigenvalue weighted by molar-refractivity contribution is 0.0711. The Morgan fingerprint density at radius 3 is 2.62 bits per heavy atom. The molecule has 3 aromatic rings. The largest absolute Gasteiger partial charge is 0.339 e. The Morgan fingerprint density at radius 2 is 1.92 bits per heavy atom. The second-order valence-corrected chi connectivity index (χ2v) is 6.53. The van der Waals surface area contributed by atoms with Crippen LogP contribution in [-0.4, -0.2) is 48.4 Å². The fraction of sp³-hybridized carbons (Fsp3) is 0.316. The normalized spacial score (nSPS) is 15.2. The minimum absolute atomic E-state index is 0.0475. The molecule has 4 rings (SSSR count). The number of likely N-dealkylation sites (tertiary alicyclic amines) is 1. The van der Waals surface area contributed by atoms with Crippen LogP contribution in [0.25, 0.3) is 11.4 Å². The number of carbonyl (C=O) groups excluding carboxylic acids is 1. The smallest absolute Gasteiger partial charge is 0.255 e. The van der Waals surface area contributed by atoms with Gasteiger partial charge in [-0.05, 0) is 25.0 Å². The molecular weight excluding hydrogens is 328 g/mol. The molecule has 132 valence electrons. The molecule has 1 aliphatic rings. The summed E-state index contributed by atoms with van der Waals surface area (Å²) in [4.78, 5) is 31.8. The van der Waals surface area contributed by atoms with Crippen LogP contribution in [0.5, 0.6) is 0 Å². The molecule has 0 spiro atoms. The van der Waals surface area contributed by atoms with E-state index in [2.05, 4.69) is 15.0 Å². The Morgan fingerprint density at radius 1 is 1.08 bits per heavy atom. The molecule has 0 aliphatic carbocycles. The molecule has 0 N–H and O–H groups in total. The van der Waals surface area contributed by atoms with Crippen LogP contribution in [0, 0.1) is 0 Å². The highest BCUT2D eigenvalue weighted by Gasteiger charge is 2.26. The zero-order valence-electron chi connectivity index (χ0n) is 14.6. The number of carbonyl (C=O) groups is 1. The molecule has 0 bridgehead atoms. The third kappa shape index (κ3) is 3.20. The van der Waals surface area contributed by atoms with Gasteiger partial charge in [0.15, 0.2) is 0 Å². The van der Waals surface area contributed by atoms with Crippen LogP contribution in [0.4, 0.5) is 0 Å². The van der Waals surface area contributed by atoms with E-state index in [9.17, 15) is 4.79 Å². The predicted octanol–water partition coefficient (Wildman–Crippen LogP) is 2.29. The van der Waals surface area contributed by atoms with Crippen molar-refractivity contribution >= 4 is 5.91 Å². The highest BCUT2D eigenvalue weighted by Crippen LogP contribution is 2.28. The lowest BCUT2D eigenvalue weighted by Crippen LogP contribution is -2.38. The number of rotatable bonds is 3. The average molecular weight is 348 g/mol. The van der Waals surface area contributed by atoms with E-state index in [0.29, 0.717) is 11.5 Å². The van der Waals surface area contributed by atoms with Crippen LogP contribution < -0.4 is 0 Å². The van der Waals surface area contributed by atoms with Gasteiger partial charge in [0.2, 0.25) is 0 Å². The molecule has 1 saturated heterocycles. The van der Waals surface area contributed by atoms with E-state index in [1.165, 1.54) is 0 Å². The molecular formula is C19H20N6O. The first-order valence-electron chi connectivity index (χ1n) is 8.70. The third-order valence-corrected chi connectivity index (χ3v) is 4.84. The van der Waals surface area contributed by atoms with Crippen molar-refractivity contribution in [3.63, 3.8) is 0 Å². The highest BCUT2D eigenvalue weighted by atomic mass is 16.2.